The van der Waals surface area contributed by atoms with Crippen LogP contribution in [0.3, 0.4) is 0 Å². The highest BCUT2D eigenvalue weighted by atomic mass is 35.5. The molecule has 2 rings (SSSR count). The van der Waals surface area contributed by atoms with Crippen molar-refractivity contribution >= 4 is 39.7 Å². The summed E-state index contributed by atoms with van der Waals surface area (Å²) in [7, 11) is 0. The lowest BCUT2D eigenvalue weighted by atomic mass is 10.1. The molecule has 0 unspecified atom stereocenters. The minimum Gasteiger partial charge on any atom is -0.296 e. The van der Waals surface area contributed by atoms with Gasteiger partial charge >= 0.3 is 5.69 Å². The number of aryl methyl sites for hydroxylation is 1. The number of nitro benzene ring substituents is 1. The Morgan fingerprint density at radius 3 is 2.79 bits per heavy atom. The first kappa shape index (κ1) is 13.4. The molecule has 0 fully saturated rings. The van der Waals surface area contributed by atoms with E-state index in [4.69, 9.17) is 11.6 Å². The number of halogens is 1. The van der Waals surface area contributed by atoms with Crippen molar-refractivity contribution in [1.82, 2.24) is 10.2 Å². The summed E-state index contributed by atoms with van der Waals surface area (Å²) in [5.74, 6) is -0.648. The van der Waals surface area contributed by atoms with E-state index in [1.807, 2.05) is 0 Å². The van der Waals surface area contributed by atoms with Crippen LogP contribution in [0.4, 0.5) is 10.8 Å². The van der Waals surface area contributed by atoms with E-state index < -0.39 is 16.5 Å². The minimum atomic E-state index is -0.692. The van der Waals surface area contributed by atoms with E-state index in [9.17, 15) is 14.9 Å². The third kappa shape index (κ3) is 2.85. The van der Waals surface area contributed by atoms with E-state index in [1.54, 1.807) is 6.92 Å². The summed E-state index contributed by atoms with van der Waals surface area (Å²) in [6.45, 7) is 1.73. The molecule has 1 N–H and O–H groups in total. The number of para-hydroxylation sites is 1. The van der Waals surface area contributed by atoms with Crippen molar-refractivity contribution in [3.05, 3.63) is 43.9 Å². The van der Waals surface area contributed by atoms with Crippen molar-refractivity contribution in [2.75, 3.05) is 5.32 Å². The highest BCUT2D eigenvalue weighted by Gasteiger charge is 2.24. The number of nitro groups is 1. The first-order chi connectivity index (χ1) is 8.99. The van der Waals surface area contributed by atoms with E-state index in [2.05, 4.69) is 15.5 Å². The molecule has 0 radical (unpaired) electrons. The van der Waals surface area contributed by atoms with Gasteiger partial charge in [-0.3, -0.25) is 20.2 Å². The average molecular weight is 299 g/mol. The maximum absolute atomic E-state index is 12.0. The minimum absolute atomic E-state index is 0.0916. The van der Waals surface area contributed by atoms with Crippen molar-refractivity contribution in [3.8, 4) is 0 Å². The van der Waals surface area contributed by atoms with Crippen molar-refractivity contribution in [1.29, 1.82) is 0 Å². The highest BCUT2D eigenvalue weighted by Crippen LogP contribution is 2.29. The van der Waals surface area contributed by atoms with Gasteiger partial charge in [-0.15, -0.1) is 10.2 Å². The zero-order valence-corrected chi connectivity index (χ0v) is 11.2. The lowest BCUT2D eigenvalue weighted by Crippen LogP contribution is -2.14. The van der Waals surface area contributed by atoms with Gasteiger partial charge in [0.15, 0.2) is 0 Å². The number of benzene rings is 1. The molecule has 9 heteroatoms. The number of rotatable bonds is 3. The Bertz CT molecular complexity index is 658. The summed E-state index contributed by atoms with van der Waals surface area (Å²) >= 11 is 6.90. The Kier molecular flexibility index (Phi) is 3.72. The number of hydrogen-bond donors (Lipinski definition) is 1. The Labute approximate surface area is 116 Å². The molecular formula is C10H7ClN4O3S. The SMILES string of the molecule is Cc1nnc(NC(=O)c2cccc(Cl)c2[N+](=O)[O-])s1. The Balaban J connectivity index is 2.34. The van der Waals surface area contributed by atoms with Crippen LogP contribution < -0.4 is 5.32 Å². The smallest absolute Gasteiger partial charge is 0.296 e. The second-order valence-corrected chi connectivity index (χ2v) is 5.06. The van der Waals surface area contributed by atoms with Crippen LogP contribution in [-0.2, 0) is 0 Å². The summed E-state index contributed by atoms with van der Waals surface area (Å²) in [6, 6.07) is 4.15. The maximum Gasteiger partial charge on any atom is 0.300 e. The van der Waals surface area contributed by atoms with E-state index >= 15 is 0 Å². The number of aromatic nitrogens is 2. The van der Waals surface area contributed by atoms with Gasteiger partial charge in [0, 0.05) is 0 Å². The van der Waals surface area contributed by atoms with Gasteiger partial charge in [0.25, 0.3) is 5.91 Å². The van der Waals surface area contributed by atoms with Crippen molar-refractivity contribution in [2.24, 2.45) is 0 Å². The molecule has 0 aliphatic heterocycles. The van der Waals surface area contributed by atoms with Crippen LogP contribution in [0.1, 0.15) is 15.4 Å². The van der Waals surface area contributed by atoms with E-state index in [0.29, 0.717) is 5.01 Å². The van der Waals surface area contributed by atoms with Gasteiger partial charge in [0.2, 0.25) is 5.13 Å². The average Bonchev–Trinajstić information content (AvgIpc) is 2.73. The molecule has 0 bridgehead atoms. The maximum atomic E-state index is 12.0. The number of nitrogens with zero attached hydrogens (tertiary/aromatic N) is 3. The molecule has 1 heterocycles. The standard InChI is InChI=1S/C10H7ClN4O3S/c1-5-13-14-10(19-5)12-9(16)6-3-2-4-7(11)8(6)15(17)18/h2-4H,1H3,(H,12,14,16). The highest BCUT2D eigenvalue weighted by molar-refractivity contribution is 7.15. The number of amides is 1. The third-order valence-electron chi connectivity index (χ3n) is 2.16. The van der Waals surface area contributed by atoms with Crippen LogP contribution in [0.5, 0.6) is 0 Å². The Hall–Kier alpha value is -2.06. The molecule has 2 aromatic rings. The summed E-state index contributed by atoms with van der Waals surface area (Å²) in [5.41, 5.74) is -0.548. The number of carbonyl (C=O) groups excluding carboxylic acids is 1. The Morgan fingerprint density at radius 1 is 1.47 bits per heavy atom. The monoisotopic (exact) mass is 298 g/mol. The fourth-order valence-electron chi connectivity index (χ4n) is 1.40. The molecule has 0 atom stereocenters. The zero-order valence-electron chi connectivity index (χ0n) is 9.58. The molecular weight excluding hydrogens is 292 g/mol. The number of hydrogen-bond acceptors (Lipinski definition) is 6. The zero-order chi connectivity index (χ0) is 14.0. The van der Waals surface area contributed by atoms with Crippen LogP contribution in [-0.4, -0.2) is 21.0 Å². The predicted octanol–water partition coefficient (Wildman–Crippen LogP) is 2.66. The van der Waals surface area contributed by atoms with Gasteiger partial charge in [-0.1, -0.05) is 29.0 Å². The van der Waals surface area contributed by atoms with Gasteiger partial charge < -0.3 is 0 Å². The second-order valence-electron chi connectivity index (χ2n) is 3.47. The molecule has 0 saturated heterocycles. The van der Waals surface area contributed by atoms with Gasteiger partial charge in [0.05, 0.1) is 4.92 Å². The first-order valence-electron chi connectivity index (χ1n) is 5.03. The van der Waals surface area contributed by atoms with E-state index in [0.717, 1.165) is 0 Å². The normalized spacial score (nSPS) is 10.2. The van der Waals surface area contributed by atoms with Gasteiger partial charge in [-0.2, -0.15) is 0 Å². The van der Waals surface area contributed by atoms with Gasteiger partial charge in [-0.25, -0.2) is 0 Å². The fourth-order valence-corrected chi connectivity index (χ4v) is 2.23. The van der Waals surface area contributed by atoms with E-state index in [1.165, 1.54) is 29.5 Å². The van der Waals surface area contributed by atoms with Gasteiger partial charge in [-0.05, 0) is 19.1 Å². The van der Waals surface area contributed by atoms with Crippen LogP contribution in [0, 0.1) is 17.0 Å². The van der Waals surface area contributed by atoms with Crippen LogP contribution in [0.2, 0.25) is 5.02 Å². The van der Waals surface area contributed by atoms with Crippen LogP contribution in [0.25, 0.3) is 0 Å². The van der Waals surface area contributed by atoms with Crippen molar-refractivity contribution in [3.63, 3.8) is 0 Å². The second kappa shape index (κ2) is 5.29. The van der Waals surface area contributed by atoms with E-state index in [-0.39, 0.29) is 15.7 Å². The quantitative estimate of drug-likeness (QED) is 0.694. The topological polar surface area (TPSA) is 98.0 Å². The van der Waals surface area contributed by atoms with Crippen molar-refractivity contribution < 1.29 is 9.72 Å². The molecule has 19 heavy (non-hydrogen) atoms. The number of anilines is 1. The fraction of sp³-hybridized carbons (Fsp3) is 0.100. The third-order valence-corrected chi connectivity index (χ3v) is 3.22. The lowest BCUT2D eigenvalue weighted by molar-refractivity contribution is -0.385. The first-order valence-corrected chi connectivity index (χ1v) is 6.23. The molecule has 98 valence electrons. The van der Waals surface area contributed by atoms with Crippen LogP contribution in [0.15, 0.2) is 18.2 Å². The molecule has 1 amide bonds. The largest absolute Gasteiger partial charge is 0.300 e. The number of nitrogens with one attached hydrogen (secondary N) is 1. The molecule has 0 saturated carbocycles. The summed E-state index contributed by atoms with van der Waals surface area (Å²) < 4.78 is 0. The van der Waals surface area contributed by atoms with Gasteiger partial charge in [0.1, 0.15) is 15.6 Å². The van der Waals surface area contributed by atoms with Crippen LogP contribution >= 0.6 is 22.9 Å². The molecule has 7 nitrogen and oxygen atoms in total. The summed E-state index contributed by atoms with van der Waals surface area (Å²) in [4.78, 5) is 22.2. The lowest BCUT2D eigenvalue weighted by Gasteiger charge is -2.03. The molecule has 0 spiro atoms. The number of carbonyl (C=O) groups is 1. The molecule has 0 aliphatic rings. The Morgan fingerprint density at radius 2 is 2.21 bits per heavy atom. The predicted molar refractivity (Wildman–Crippen MR) is 70.7 cm³/mol. The van der Waals surface area contributed by atoms with Crippen molar-refractivity contribution in [2.45, 2.75) is 6.92 Å². The summed E-state index contributed by atoms with van der Waals surface area (Å²) in [6.07, 6.45) is 0. The molecule has 0 aliphatic carbocycles. The summed E-state index contributed by atoms with van der Waals surface area (Å²) in [5, 5.41) is 21.7. The molecule has 1 aromatic carbocycles. The molecule has 1 aromatic heterocycles.